The molecule has 0 aromatic carbocycles. The van der Waals surface area contributed by atoms with E-state index in [1.807, 2.05) is 7.05 Å². The Bertz CT molecular complexity index is 234. The van der Waals surface area contributed by atoms with Gasteiger partial charge in [0, 0.05) is 11.4 Å². The molecule has 0 amide bonds. The lowest BCUT2D eigenvalue weighted by atomic mass is 10.4. The summed E-state index contributed by atoms with van der Waals surface area (Å²) in [5, 5.41) is 4.77. The number of hydrogen-bond donors (Lipinski definition) is 1. The summed E-state index contributed by atoms with van der Waals surface area (Å²) < 4.78 is 0. The molecule has 62 valence electrons. The summed E-state index contributed by atoms with van der Waals surface area (Å²) >= 11 is 7.53. The molecule has 0 spiro atoms. The van der Waals surface area contributed by atoms with Gasteiger partial charge in [-0.05, 0) is 13.5 Å². The van der Waals surface area contributed by atoms with Gasteiger partial charge in [0.05, 0.1) is 0 Å². The highest BCUT2D eigenvalue weighted by Gasteiger charge is 2.05. The zero-order chi connectivity index (χ0) is 8.27. The van der Waals surface area contributed by atoms with Gasteiger partial charge in [-0.2, -0.15) is 0 Å². The number of aryl methyl sites for hydroxylation is 1. The molecule has 0 aliphatic heterocycles. The second-order valence-corrected chi connectivity index (χ2v) is 3.73. The van der Waals surface area contributed by atoms with E-state index < -0.39 is 0 Å². The molecule has 0 aliphatic carbocycles. The third-order valence-electron chi connectivity index (χ3n) is 1.34. The van der Waals surface area contributed by atoms with Crippen LogP contribution in [-0.2, 0) is 13.0 Å². The van der Waals surface area contributed by atoms with Gasteiger partial charge >= 0.3 is 0 Å². The van der Waals surface area contributed by atoms with Crippen molar-refractivity contribution >= 4 is 22.9 Å². The van der Waals surface area contributed by atoms with Crippen molar-refractivity contribution in [2.24, 2.45) is 0 Å². The fraction of sp³-hybridized carbons (Fsp3) is 0.571. The van der Waals surface area contributed by atoms with Gasteiger partial charge in [0.25, 0.3) is 0 Å². The maximum atomic E-state index is 5.85. The maximum Gasteiger partial charge on any atom is 0.143 e. The maximum absolute atomic E-state index is 5.85. The first-order chi connectivity index (χ1) is 5.27. The summed E-state index contributed by atoms with van der Waals surface area (Å²) in [5.74, 6) is 0. The molecule has 11 heavy (non-hydrogen) atoms. The van der Waals surface area contributed by atoms with E-state index in [4.69, 9.17) is 11.6 Å². The van der Waals surface area contributed by atoms with Gasteiger partial charge in [-0.25, -0.2) is 4.98 Å². The summed E-state index contributed by atoms with van der Waals surface area (Å²) in [4.78, 5) is 5.37. The molecular weight excluding hydrogens is 180 g/mol. The monoisotopic (exact) mass is 190 g/mol. The minimum absolute atomic E-state index is 0.669. The molecule has 0 atom stereocenters. The van der Waals surface area contributed by atoms with Crippen LogP contribution in [0, 0.1) is 0 Å². The van der Waals surface area contributed by atoms with Gasteiger partial charge in [-0.15, -0.1) is 11.3 Å². The average Bonchev–Trinajstić information content (AvgIpc) is 2.32. The zero-order valence-corrected chi connectivity index (χ0v) is 8.22. The molecule has 1 aromatic rings. The summed E-state index contributed by atoms with van der Waals surface area (Å²) in [6.45, 7) is 2.90. The number of rotatable bonds is 3. The van der Waals surface area contributed by atoms with Gasteiger partial charge in [-0.3, -0.25) is 0 Å². The Morgan fingerprint density at radius 2 is 2.36 bits per heavy atom. The van der Waals surface area contributed by atoms with E-state index >= 15 is 0 Å². The molecule has 1 rings (SSSR count). The molecule has 4 heteroatoms. The third-order valence-corrected chi connectivity index (χ3v) is 2.97. The highest BCUT2D eigenvalue weighted by atomic mass is 35.5. The molecule has 1 aromatic heterocycles. The van der Waals surface area contributed by atoms with E-state index in [0.29, 0.717) is 5.15 Å². The molecule has 1 heterocycles. The van der Waals surface area contributed by atoms with Crippen LogP contribution in [0.4, 0.5) is 0 Å². The van der Waals surface area contributed by atoms with Crippen LogP contribution in [0.3, 0.4) is 0 Å². The van der Waals surface area contributed by atoms with Crippen LogP contribution >= 0.6 is 22.9 Å². The summed E-state index contributed by atoms with van der Waals surface area (Å²) in [6.07, 6.45) is 0.972. The molecule has 0 fully saturated rings. The van der Waals surface area contributed by atoms with Crippen LogP contribution in [0.25, 0.3) is 0 Å². The zero-order valence-electron chi connectivity index (χ0n) is 6.65. The van der Waals surface area contributed by atoms with E-state index in [1.54, 1.807) is 11.3 Å². The Balaban J connectivity index is 2.77. The second kappa shape index (κ2) is 4.04. The number of thiazole rings is 1. The molecule has 0 aliphatic rings. The van der Waals surface area contributed by atoms with Crippen LogP contribution in [0.15, 0.2) is 0 Å². The SMILES string of the molecule is CCc1sc(CNC)nc1Cl. The van der Waals surface area contributed by atoms with Crippen LogP contribution in [0.5, 0.6) is 0 Å². The highest BCUT2D eigenvalue weighted by molar-refractivity contribution is 7.12. The molecule has 0 bridgehead atoms. The van der Waals surface area contributed by atoms with Crippen molar-refractivity contribution in [2.45, 2.75) is 19.9 Å². The largest absolute Gasteiger partial charge is 0.314 e. The smallest absolute Gasteiger partial charge is 0.143 e. The van der Waals surface area contributed by atoms with E-state index in [1.165, 1.54) is 4.88 Å². The molecule has 2 nitrogen and oxygen atoms in total. The molecule has 1 N–H and O–H groups in total. The van der Waals surface area contributed by atoms with Crippen LogP contribution in [0.1, 0.15) is 16.8 Å². The molecule has 0 saturated heterocycles. The predicted octanol–water partition coefficient (Wildman–Crippen LogP) is 2.08. The predicted molar refractivity (Wildman–Crippen MR) is 49.3 cm³/mol. The van der Waals surface area contributed by atoms with Crippen molar-refractivity contribution in [2.75, 3.05) is 7.05 Å². The lowest BCUT2D eigenvalue weighted by Crippen LogP contribution is -2.03. The van der Waals surface area contributed by atoms with Crippen molar-refractivity contribution in [1.29, 1.82) is 0 Å². The Morgan fingerprint density at radius 1 is 1.64 bits per heavy atom. The van der Waals surface area contributed by atoms with E-state index in [-0.39, 0.29) is 0 Å². The Labute approximate surface area is 75.6 Å². The lowest BCUT2D eigenvalue weighted by molar-refractivity contribution is 0.810. The quantitative estimate of drug-likeness (QED) is 0.790. The van der Waals surface area contributed by atoms with Gasteiger partial charge in [-0.1, -0.05) is 18.5 Å². The molecule has 0 saturated carbocycles. The number of nitrogens with one attached hydrogen (secondary N) is 1. The van der Waals surface area contributed by atoms with Crippen molar-refractivity contribution in [3.63, 3.8) is 0 Å². The summed E-state index contributed by atoms with van der Waals surface area (Å²) in [6, 6.07) is 0. The number of nitrogens with zero attached hydrogens (tertiary/aromatic N) is 1. The fourth-order valence-corrected chi connectivity index (χ4v) is 2.14. The first-order valence-corrected chi connectivity index (χ1v) is 4.76. The van der Waals surface area contributed by atoms with Crippen LogP contribution in [-0.4, -0.2) is 12.0 Å². The second-order valence-electron chi connectivity index (χ2n) is 2.21. The topological polar surface area (TPSA) is 24.9 Å². The Hall–Kier alpha value is -0.120. The molecular formula is C7H11ClN2S. The minimum atomic E-state index is 0.669. The van der Waals surface area contributed by atoms with Gasteiger partial charge < -0.3 is 5.32 Å². The van der Waals surface area contributed by atoms with Gasteiger partial charge in [0.2, 0.25) is 0 Å². The Kier molecular flexibility index (Phi) is 3.30. The summed E-state index contributed by atoms with van der Waals surface area (Å²) in [7, 11) is 1.90. The number of aromatic nitrogens is 1. The first kappa shape index (κ1) is 8.97. The minimum Gasteiger partial charge on any atom is -0.314 e. The first-order valence-electron chi connectivity index (χ1n) is 3.56. The van der Waals surface area contributed by atoms with Gasteiger partial charge in [0.1, 0.15) is 10.2 Å². The van der Waals surface area contributed by atoms with E-state index in [2.05, 4.69) is 17.2 Å². The normalized spacial score (nSPS) is 10.5. The van der Waals surface area contributed by atoms with Crippen molar-refractivity contribution < 1.29 is 0 Å². The molecule has 0 radical (unpaired) electrons. The third kappa shape index (κ3) is 2.15. The Morgan fingerprint density at radius 3 is 2.82 bits per heavy atom. The lowest BCUT2D eigenvalue weighted by Gasteiger charge is -1.88. The average molecular weight is 191 g/mol. The van der Waals surface area contributed by atoms with Crippen molar-refractivity contribution in [3.05, 3.63) is 15.0 Å². The molecule has 0 unspecified atom stereocenters. The van der Waals surface area contributed by atoms with Gasteiger partial charge in [0.15, 0.2) is 0 Å². The van der Waals surface area contributed by atoms with E-state index in [0.717, 1.165) is 18.0 Å². The van der Waals surface area contributed by atoms with Crippen LogP contribution in [0.2, 0.25) is 5.15 Å². The summed E-state index contributed by atoms with van der Waals surface area (Å²) in [5.41, 5.74) is 0. The van der Waals surface area contributed by atoms with Crippen molar-refractivity contribution in [1.82, 2.24) is 10.3 Å². The van der Waals surface area contributed by atoms with Crippen molar-refractivity contribution in [3.8, 4) is 0 Å². The van der Waals surface area contributed by atoms with E-state index in [9.17, 15) is 0 Å². The standard InChI is InChI=1S/C7H11ClN2S/c1-3-5-7(8)10-6(11-5)4-9-2/h9H,3-4H2,1-2H3. The number of halogens is 1. The fourth-order valence-electron chi connectivity index (χ4n) is 0.824. The number of hydrogen-bond acceptors (Lipinski definition) is 3. The highest BCUT2D eigenvalue weighted by Crippen LogP contribution is 2.22. The van der Waals surface area contributed by atoms with Crippen LogP contribution < -0.4 is 5.32 Å².